The minimum Gasteiger partial charge on any atom is -0.478 e. The number of amides is 1. The van der Waals surface area contributed by atoms with Gasteiger partial charge in [0.25, 0.3) is 11.4 Å². The Morgan fingerprint density at radius 1 is 0.967 bits per heavy atom. The number of carbonyl (C=O) groups excluding carboxylic acids is 2. The largest absolute Gasteiger partial charge is 0.478 e. The summed E-state index contributed by atoms with van der Waals surface area (Å²) < 4.78 is 12.1. The average Bonchev–Trinajstić information content (AvgIpc) is 3.65. The molecule has 0 radical (unpaired) electrons. The predicted octanol–water partition coefficient (Wildman–Crippen LogP) is 8.10. The second-order valence-corrected chi connectivity index (χ2v) is 16.3. The summed E-state index contributed by atoms with van der Waals surface area (Å²) in [5.74, 6) is -1.29. The summed E-state index contributed by atoms with van der Waals surface area (Å²) in [6, 6.07) is 18.8. The predicted molar refractivity (Wildman–Crippen MR) is 224 cm³/mol. The molecule has 5 aromatic rings. The van der Waals surface area contributed by atoms with Gasteiger partial charge in [-0.05, 0) is 83.7 Å². The van der Waals surface area contributed by atoms with Gasteiger partial charge < -0.3 is 35.2 Å². The minimum absolute atomic E-state index is 0.0882. The van der Waals surface area contributed by atoms with Gasteiger partial charge in [0.1, 0.15) is 11.2 Å². The number of carboxylic acid groups (broad SMARTS) is 1. The van der Waals surface area contributed by atoms with Crippen LogP contribution in [-0.4, -0.2) is 75.2 Å². The van der Waals surface area contributed by atoms with Crippen molar-refractivity contribution in [2.75, 3.05) is 41.8 Å². The number of ether oxygens (including phenoxy) is 1. The topological polar surface area (TPSA) is 232 Å². The fourth-order valence-electron chi connectivity index (χ4n) is 7.78. The van der Waals surface area contributed by atoms with Crippen molar-refractivity contribution < 1.29 is 38.6 Å². The molecule has 1 aliphatic heterocycles. The van der Waals surface area contributed by atoms with Crippen LogP contribution in [-0.2, 0) is 9.53 Å². The van der Waals surface area contributed by atoms with E-state index in [1.165, 1.54) is 24.3 Å². The second-order valence-electron chi connectivity index (χ2n) is 16.3. The van der Waals surface area contributed by atoms with E-state index >= 15 is 0 Å². The quantitative estimate of drug-likeness (QED) is 0.0534. The summed E-state index contributed by atoms with van der Waals surface area (Å²) >= 11 is 0. The molecule has 0 bridgehead atoms. The van der Waals surface area contributed by atoms with Crippen LogP contribution in [0.15, 0.2) is 77.3 Å². The third kappa shape index (κ3) is 8.61. The first kappa shape index (κ1) is 41.3. The van der Waals surface area contributed by atoms with E-state index in [1.807, 2.05) is 45.9 Å². The number of anilines is 4. The highest BCUT2D eigenvalue weighted by molar-refractivity contribution is 6.29. The van der Waals surface area contributed by atoms with Crippen molar-refractivity contribution >= 4 is 62.7 Å². The van der Waals surface area contributed by atoms with E-state index in [4.69, 9.17) is 9.26 Å². The molecule has 1 aliphatic carbocycles. The van der Waals surface area contributed by atoms with Gasteiger partial charge in [-0.1, -0.05) is 35.5 Å². The first-order chi connectivity index (χ1) is 28.5. The lowest BCUT2D eigenvalue weighted by atomic mass is 9.86. The molecule has 1 atom stereocenters. The minimum atomic E-state index is -1.08. The van der Waals surface area contributed by atoms with Crippen LogP contribution >= 0.6 is 0 Å². The maximum Gasteiger partial charge on any atom is 0.335 e. The molecule has 60 heavy (non-hydrogen) atoms. The third-order valence-corrected chi connectivity index (χ3v) is 11.0. The fourth-order valence-corrected chi connectivity index (χ4v) is 7.78. The van der Waals surface area contributed by atoms with E-state index in [2.05, 4.69) is 26.0 Å². The number of piperidine rings is 1. The number of carboxylic acids is 1. The van der Waals surface area contributed by atoms with Crippen LogP contribution in [0.2, 0.25) is 0 Å². The number of nitro groups is 2. The van der Waals surface area contributed by atoms with E-state index in [9.17, 15) is 39.7 Å². The van der Waals surface area contributed by atoms with Crippen molar-refractivity contribution in [2.45, 2.75) is 64.5 Å². The standard InChI is InChI=1S/C43H45N7O10/c1-42(2,46-31-15-14-28(49(55)56)22-33(31)50(57)58)17-20-59-43(3,4)16-18-44-40(52)26-10-8-19-48(24-26)34-23-32(45-27-11-7-9-25(21-27)41(53)54)35-36-37(34)47-60-39(36)30-13-6-5-12-29(30)38(35)51/h5-7,9,11-15,21-23,26,45-46H,8,10,16-20,24H2,1-4H3,(H,44,52)(H,53,54)/t26-/m1/s1. The molecule has 312 valence electrons. The van der Waals surface area contributed by atoms with E-state index in [1.54, 1.807) is 24.3 Å². The number of nitrogens with zero attached hydrogens (tertiary/aromatic N) is 4. The molecule has 4 aromatic carbocycles. The van der Waals surface area contributed by atoms with Gasteiger partial charge in [-0.25, -0.2) is 4.79 Å². The number of benzene rings is 4. The number of aromatic nitrogens is 1. The number of nitro benzene ring substituents is 2. The molecule has 0 saturated carbocycles. The van der Waals surface area contributed by atoms with Crippen LogP contribution < -0.4 is 20.9 Å². The van der Waals surface area contributed by atoms with Crippen molar-refractivity contribution in [1.82, 2.24) is 10.5 Å². The average molecular weight is 820 g/mol. The normalized spacial score (nSPS) is 15.0. The zero-order chi connectivity index (χ0) is 42.9. The summed E-state index contributed by atoms with van der Waals surface area (Å²) in [4.78, 5) is 63.0. The number of hydrogen-bond donors (Lipinski definition) is 4. The zero-order valence-electron chi connectivity index (χ0n) is 33.6. The number of carbonyl (C=O) groups is 3. The molecular formula is C43H45N7O10. The van der Waals surface area contributed by atoms with Crippen LogP contribution in [0.5, 0.6) is 0 Å². The van der Waals surface area contributed by atoms with Crippen LogP contribution in [0.4, 0.5) is 34.1 Å². The van der Waals surface area contributed by atoms with Gasteiger partial charge >= 0.3 is 5.97 Å². The SMILES string of the molecule is CC(C)(CCOC(C)(C)CCNC(=O)[C@@H]1CCCN(c2cc(Nc3cccc(C(=O)O)c3)c3c4c(onc24)-c2ccccc2C3=O)C1)Nc1ccc([N+](=O)[O-])cc1[N+](=O)[O-]. The number of rotatable bonds is 16. The Balaban J connectivity index is 1.01. The molecule has 17 heteroatoms. The Hall–Kier alpha value is -6.88. The third-order valence-electron chi connectivity index (χ3n) is 11.0. The van der Waals surface area contributed by atoms with E-state index in [-0.39, 0.29) is 40.2 Å². The molecule has 4 N–H and O–H groups in total. The summed E-state index contributed by atoms with van der Waals surface area (Å²) in [7, 11) is 0. The van der Waals surface area contributed by atoms with Crippen molar-refractivity contribution in [3.05, 3.63) is 110 Å². The van der Waals surface area contributed by atoms with Crippen molar-refractivity contribution in [3.63, 3.8) is 0 Å². The van der Waals surface area contributed by atoms with Gasteiger partial charge in [-0.15, -0.1) is 0 Å². The number of hydrogen-bond acceptors (Lipinski definition) is 13. The van der Waals surface area contributed by atoms with Gasteiger partial charge in [0.05, 0.1) is 55.3 Å². The molecule has 2 heterocycles. The number of non-ortho nitro benzene ring substituents is 1. The molecular weight excluding hydrogens is 775 g/mol. The second kappa shape index (κ2) is 16.4. The molecule has 0 spiro atoms. The summed E-state index contributed by atoms with van der Waals surface area (Å²) in [5.41, 5.74) is 1.82. The van der Waals surface area contributed by atoms with Gasteiger partial charge in [0.15, 0.2) is 11.5 Å². The fraction of sp³-hybridized carbons (Fsp3) is 0.349. The van der Waals surface area contributed by atoms with Crippen LogP contribution in [0.25, 0.3) is 22.2 Å². The maximum atomic E-state index is 14.1. The van der Waals surface area contributed by atoms with Crippen LogP contribution in [0, 0.1) is 26.1 Å². The maximum absolute atomic E-state index is 14.1. The number of ketones is 1. The Labute approximate surface area is 344 Å². The molecule has 7 rings (SSSR count). The van der Waals surface area contributed by atoms with E-state index < -0.39 is 27.0 Å². The molecule has 1 fully saturated rings. The Bertz CT molecular complexity index is 2530. The lowest BCUT2D eigenvalue weighted by molar-refractivity contribution is -0.393. The van der Waals surface area contributed by atoms with Crippen molar-refractivity contribution in [3.8, 4) is 11.3 Å². The molecule has 1 saturated heterocycles. The van der Waals surface area contributed by atoms with E-state index in [0.29, 0.717) is 95.9 Å². The van der Waals surface area contributed by atoms with Crippen molar-refractivity contribution in [1.29, 1.82) is 0 Å². The van der Waals surface area contributed by atoms with Gasteiger partial charge in [0.2, 0.25) is 5.91 Å². The lowest BCUT2D eigenvalue weighted by Crippen LogP contribution is -2.44. The Kier molecular flexibility index (Phi) is 11.3. The number of aromatic carboxylic acids is 1. The van der Waals surface area contributed by atoms with Gasteiger partial charge in [-0.3, -0.25) is 29.8 Å². The highest BCUT2D eigenvalue weighted by Gasteiger charge is 2.36. The monoisotopic (exact) mass is 819 g/mol. The molecule has 2 aliphatic rings. The Morgan fingerprint density at radius 3 is 2.47 bits per heavy atom. The number of nitrogens with one attached hydrogen (secondary N) is 3. The summed E-state index contributed by atoms with van der Waals surface area (Å²) in [6.07, 6.45) is 2.36. The first-order valence-electron chi connectivity index (χ1n) is 19.6. The highest BCUT2D eigenvalue weighted by Crippen LogP contribution is 2.47. The van der Waals surface area contributed by atoms with Gasteiger partial charge in [-0.2, -0.15) is 0 Å². The highest BCUT2D eigenvalue weighted by atomic mass is 16.6. The van der Waals surface area contributed by atoms with Crippen LogP contribution in [0.1, 0.15) is 79.7 Å². The molecule has 0 unspecified atom stereocenters. The van der Waals surface area contributed by atoms with Crippen LogP contribution in [0.3, 0.4) is 0 Å². The summed E-state index contributed by atoms with van der Waals surface area (Å²) in [6.45, 7) is 9.23. The Morgan fingerprint density at radius 2 is 1.73 bits per heavy atom. The zero-order valence-corrected chi connectivity index (χ0v) is 33.6. The lowest BCUT2D eigenvalue weighted by Gasteiger charge is -2.35. The molecule has 17 nitrogen and oxygen atoms in total. The summed E-state index contributed by atoms with van der Waals surface area (Å²) in [5, 5.41) is 46.9. The van der Waals surface area contributed by atoms with Crippen molar-refractivity contribution in [2.24, 2.45) is 5.92 Å². The van der Waals surface area contributed by atoms with E-state index in [0.717, 1.165) is 12.5 Å². The van der Waals surface area contributed by atoms with Gasteiger partial charge in [0, 0.05) is 54.7 Å². The molecule has 1 aromatic heterocycles. The smallest absolute Gasteiger partial charge is 0.335 e. The molecule has 1 amide bonds. The first-order valence-corrected chi connectivity index (χ1v) is 19.6. The number of fused-ring (bicyclic) bond motifs is 2.